The van der Waals surface area contributed by atoms with E-state index in [1.165, 1.54) is 19.0 Å². The van der Waals surface area contributed by atoms with Gasteiger partial charge < -0.3 is 89.1 Å². The first kappa shape index (κ1) is 90.7. The number of anilines is 4. The van der Waals surface area contributed by atoms with Gasteiger partial charge in [0.15, 0.2) is 64.2 Å². The lowest BCUT2D eigenvalue weighted by molar-refractivity contribution is -0.187. The Morgan fingerprint density at radius 3 is 1.23 bits per heavy atom. The summed E-state index contributed by atoms with van der Waals surface area (Å²) in [7, 11) is -2.79. The summed E-state index contributed by atoms with van der Waals surface area (Å²) in [4.78, 5) is 82.4. The third kappa shape index (κ3) is 20.0. The summed E-state index contributed by atoms with van der Waals surface area (Å²) in [6.45, 7) is 46.4. The van der Waals surface area contributed by atoms with Crippen LogP contribution >= 0.6 is 14.5 Å². The Labute approximate surface area is 692 Å². The normalized spacial score (nSPS) is 29.6. The first-order valence-electron chi connectivity index (χ1n) is 39.6. The SMILES string of the molecule is CC(C)(C)C[C@@]12COC([C@H](n3cnc4c(=O)[nH]c(N)nc43)O1)[C@H]2OC(C)(C)C.CC(C)(C)C[C@@]12COC([C@H](n3cnc4c(N)ncnc43)O1)[C@H]2OC(C)(C)C.CC(C)(C)C[C@@]12COC([C@H](n3cnc4c(N)ncnc43)O1)[C@H]2OP(=O)(O)OC(C)(C)C.COC[C@]1(CC(C)(C)C)O[C@@H](n2cnc3c(N)ncnc32)C[C@H]1OP(O)(=S)OC(C)(C)C. The van der Waals surface area contributed by atoms with Gasteiger partial charge in [0.05, 0.1) is 74.1 Å². The number of fused-ring (bicyclic) bond motifs is 10. The fraction of sp³-hybridized carbons (Fsp3) is 0.740. The second kappa shape index (κ2) is 32.0. The number of methoxy groups -OCH3 is 1. The maximum atomic E-state index is 12.8. The van der Waals surface area contributed by atoms with Gasteiger partial charge in [0.1, 0.15) is 107 Å². The molecule has 7 fully saturated rings. The minimum atomic E-state index is -4.40. The highest BCUT2D eigenvalue weighted by atomic mass is 32.5. The number of nitrogens with one attached hydrogen (secondary N) is 1. The van der Waals surface area contributed by atoms with Crippen LogP contribution in [0, 0.1) is 21.7 Å². The van der Waals surface area contributed by atoms with Gasteiger partial charge >= 0.3 is 14.5 Å². The van der Waals surface area contributed by atoms with Crippen molar-refractivity contribution in [3.8, 4) is 0 Å². The molecule has 0 radical (unpaired) electrons. The Hall–Kier alpha value is -6.56. The highest BCUT2D eigenvalue weighted by molar-refractivity contribution is 8.07. The smallest absolute Gasteiger partial charge is 0.382 e. The summed E-state index contributed by atoms with van der Waals surface area (Å²) in [5, 5.41) is 0. The molecule has 15 heterocycles. The first-order chi connectivity index (χ1) is 54.2. The molecule has 7 aliphatic heterocycles. The van der Waals surface area contributed by atoms with Crippen LogP contribution < -0.4 is 28.5 Å². The third-order valence-corrected chi connectivity index (χ3v) is 23.0. The van der Waals surface area contributed by atoms with Gasteiger partial charge in [0.25, 0.3) is 5.56 Å². The van der Waals surface area contributed by atoms with Gasteiger partial charge in [-0.15, -0.1) is 0 Å². The number of H-pyrrole nitrogens is 1. The molecule has 0 aromatic carbocycles. The Balaban J connectivity index is 0.000000145. The average Bonchev–Trinajstić information content (AvgIpc) is 1.57. The molecule has 0 saturated carbocycles. The van der Waals surface area contributed by atoms with Gasteiger partial charge in [-0.1, -0.05) is 83.1 Å². The van der Waals surface area contributed by atoms with E-state index >= 15 is 0 Å². The van der Waals surface area contributed by atoms with E-state index in [0.717, 1.165) is 12.8 Å². The minimum Gasteiger partial charge on any atom is -0.382 e. The van der Waals surface area contributed by atoms with Crippen molar-refractivity contribution in [3.63, 3.8) is 0 Å². The lowest BCUT2D eigenvalue weighted by atomic mass is 9.79. The fourth-order valence-corrected chi connectivity index (χ4v) is 20.8. The maximum absolute atomic E-state index is 12.8. The van der Waals surface area contributed by atoms with Gasteiger partial charge in [-0.25, -0.2) is 54.4 Å². The predicted octanol–water partition coefficient (Wildman–Crippen LogP) is 11.1. The number of aromatic amines is 1. The highest BCUT2D eigenvalue weighted by Crippen LogP contribution is 2.61. The van der Waals surface area contributed by atoms with Gasteiger partial charge in [0, 0.05) is 13.5 Å². The molecule has 7 aliphatic rings. The van der Waals surface area contributed by atoms with Crippen LogP contribution in [0.25, 0.3) is 44.7 Å². The highest BCUT2D eigenvalue weighted by Gasteiger charge is 2.68. The number of imidazole rings is 4. The lowest BCUT2D eigenvalue weighted by Crippen LogP contribution is -2.47. The largest absolute Gasteiger partial charge is 0.473 e. The Bertz CT molecular complexity index is 5090. The van der Waals surface area contributed by atoms with Gasteiger partial charge in [-0.05, 0) is 142 Å². The zero-order valence-electron chi connectivity index (χ0n) is 72.5. The molecule has 11 N–H and O–H groups in total. The summed E-state index contributed by atoms with van der Waals surface area (Å²) < 4.78 is 106. The number of nitrogens with zero attached hydrogens (tertiary/aromatic N) is 15. The summed E-state index contributed by atoms with van der Waals surface area (Å²) >= 11 is 5.36. The van der Waals surface area contributed by atoms with Crippen molar-refractivity contribution in [2.45, 2.75) is 311 Å². The van der Waals surface area contributed by atoms with Crippen molar-refractivity contribution in [2.75, 3.05) is 56.5 Å². The molecule has 8 aromatic rings. The van der Waals surface area contributed by atoms with Crippen LogP contribution in [0.2, 0.25) is 0 Å². The number of phosphoric ester groups is 1. The molecule has 654 valence electrons. The quantitative estimate of drug-likeness (QED) is 0.0392. The molecule has 17 atom stereocenters. The van der Waals surface area contributed by atoms with E-state index in [2.05, 4.69) is 164 Å². The van der Waals surface area contributed by atoms with Crippen LogP contribution in [0.15, 0.2) is 49.1 Å². The number of hydrogen-bond donors (Lipinski definition) is 7. The third-order valence-electron chi connectivity index (χ3n) is 20.0. The molecule has 15 rings (SSSR count). The van der Waals surface area contributed by atoms with Crippen molar-refractivity contribution >= 4 is 94.4 Å². The van der Waals surface area contributed by atoms with Crippen molar-refractivity contribution in [2.24, 2.45) is 21.7 Å². The average molecular weight is 1710 g/mol. The first-order valence-corrected chi connectivity index (χ1v) is 43.7. The molecular weight excluding hydrogens is 1590 g/mol. The number of phosphoric acid groups is 1. The second-order valence-electron chi connectivity index (χ2n) is 40.6. The summed E-state index contributed by atoms with van der Waals surface area (Å²) in [6, 6.07) is 0. The van der Waals surface area contributed by atoms with E-state index in [-0.39, 0.29) is 99.6 Å². The van der Waals surface area contributed by atoms with E-state index in [9.17, 15) is 19.1 Å². The number of nitrogen functional groups attached to an aromatic ring is 4. The Kier molecular flexibility index (Phi) is 24.6. The molecule has 118 heavy (non-hydrogen) atoms. The van der Waals surface area contributed by atoms with E-state index in [4.69, 9.17) is 100 Å². The number of hydrogen-bond acceptors (Lipinski definition) is 32. The number of rotatable bonds is 18. The second-order valence-corrected chi connectivity index (χ2v) is 44.6. The molecule has 6 bridgehead atoms. The summed E-state index contributed by atoms with van der Waals surface area (Å²) in [5.41, 5.74) is 21.7. The van der Waals surface area contributed by atoms with Crippen LogP contribution in [0.1, 0.15) is 223 Å². The topological polar surface area (TPSA) is 485 Å². The molecule has 0 amide bonds. The van der Waals surface area contributed by atoms with Crippen LogP contribution in [0.3, 0.4) is 0 Å². The zero-order chi connectivity index (χ0) is 86.9. The predicted molar refractivity (Wildman–Crippen MR) is 442 cm³/mol. The fourth-order valence-electron chi connectivity index (χ4n) is 17.2. The van der Waals surface area contributed by atoms with E-state index < -0.39 is 85.1 Å². The molecule has 8 aromatic heterocycles. The molecule has 5 unspecified atom stereocenters. The standard InChI is InChI=1S/C20H34N5O5PS.C19H30N5O6P.C19H29N5O4.C19H29N5O3/c1-18(2,3)9-20(10-27-7)13(29-31(26,32)30-19(4,5)6)8-14(28-20)25-12-24-15-16(21)22-11-23-17(15)25;1-17(2,3)7-19-8-27-12(13(19)29-31(25,26)30-18(4,5)6)16(28-19)24-10-23-11-14(20)21-9-22-15(11)24;1-17(2,3)7-19-8-26-11(12(19)27-18(4,5)6)15(28-19)24-9-21-10-13(24)22-16(20)23-14(10)25;1-17(2,3)7-19-8-25-12(13(19)26-18(4,5)6)16(27-19)24-10-23-11-14(20)21-9-22-15(11)24/h11-14H,8-10H2,1-7H3,(H,26,32)(H2,21,22,23);9-10,12-13,16H,7-8H2,1-6H3,(H,25,26)(H2,20,21,22);9,11-12,15H,7-8H2,1-6H3,(H3,20,22,23,25);9-10,12-13,16H,7-8H2,1-6H3,(H2,20,21,22)/t13-,14-,20+,31?;12?,13-,16-,19+;11?,12-,15-,19+;12?,13-,16-,19+/m1111/s1. The molecule has 0 spiro atoms. The number of aromatic nitrogens is 16. The van der Waals surface area contributed by atoms with Crippen LogP contribution in [0.5, 0.6) is 0 Å². The van der Waals surface area contributed by atoms with Crippen molar-refractivity contribution < 1.29 is 79.8 Å². The maximum Gasteiger partial charge on any atom is 0.473 e. The molecule has 41 heteroatoms. The molecule has 38 nitrogen and oxygen atoms in total. The van der Waals surface area contributed by atoms with Crippen LogP contribution in [0.4, 0.5) is 23.4 Å². The number of nitrogens with two attached hydrogens (primary N) is 4. The molecule has 7 saturated heterocycles. The Morgan fingerprint density at radius 1 is 0.483 bits per heavy atom. The van der Waals surface area contributed by atoms with Crippen LogP contribution in [-0.4, -0.2) is 209 Å². The number of ether oxygens (including phenoxy) is 10. The Morgan fingerprint density at radius 2 is 0.847 bits per heavy atom. The zero-order valence-corrected chi connectivity index (χ0v) is 75.1. The van der Waals surface area contributed by atoms with E-state index in [1.807, 2.05) is 46.1 Å². The van der Waals surface area contributed by atoms with Gasteiger partial charge in [-0.3, -0.25) is 37.1 Å². The van der Waals surface area contributed by atoms with Crippen LogP contribution in [-0.2, 0) is 81.8 Å². The lowest BCUT2D eigenvalue weighted by Gasteiger charge is -2.39. The van der Waals surface area contributed by atoms with Crippen molar-refractivity contribution in [3.05, 3.63) is 54.6 Å². The summed E-state index contributed by atoms with van der Waals surface area (Å²) in [6.07, 6.45) is 8.67. The molecular formula is C77H122N20O18P2S. The minimum absolute atomic E-state index is 0.0173. The van der Waals surface area contributed by atoms with Crippen molar-refractivity contribution in [1.82, 2.24) is 78.1 Å². The van der Waals surface area contributed by atoms with Gasteiger partial charge in [-0.2, -0.15) is 4.98 Å². The van der Waals surface area contributed by atoms with Gasteiger partial charge in [0.2, 0.25) is 5.95 Å². The molecule has 0 aliphatic carbocycles. The van der Waals surface area contributed by atoms with E-state index in [0.29, 0.717) is 83.3 Å². The van der Waals surface area contributed by atoms with Crippen molar-refractivity contribution in [1.29, 1.82) is 0 Å². The van der Waals surface area contributed by atoms with E-state index in [1.54, 1.807) is 66.9 Å². The summed E-state index contributed by atoms with van der Waals surface area (Å²) in [5.74, 6) is 0.940. The monoisotopic (exact) mass is 1710 g/mol.